The molecule has 1 saturated heterocycles. The van der Waals surface area contributed by atoms with Crippen molar-refractivity contribution in [2.45, 2.75) is 51.0 Å². The third kappa shape index (κ3) is 2.80. The SMILES string of the molecule is CCC1CCN(C(=O)c2cc(C3CC3)on2)C(C(=O)O)C1. The molecule has 2 fully saturated rings. The number of nitrogens with zero attached hydrogens (tertiary/aromatic N) is 2. The van der Waals surface area contributed by atoms with Crippen LogP contribution < -0.4 is 0 Å². The van der Waals surface area contributed by atoms with Crippen molar-refractivity contribution in [1.82, 2.24) is 10.1 Å². The predicted octanol–water partition coefficient (Wildman–Crippen LogP) is 2.27. The molecule has 2 atom stereocenters. The first-order valence-corrected chi connectivity index (χ1v) is 7.60. The Balaban J connectivity index is 1.76. The molecule has 1 aromatic heterocycles. The molecular weight excluding hydrogens is 272 g/mol. The van der Waals surface area contributed by atoms with Crippen molar-refractivity contribution in [3.8, 4) is 0 Å². The lowest BCUT2D eigenvalue weighted by Crippen LogP contribution is -2.50. The van der Waals surface area contributed by atoms with Crippen molar-refractivity contribution in [3.05, 3.63) is 17.5 Å². The van der Waals surface area contributed by atoms with E-state index < -0.39 is 12.0 Å². The summed E-state index contributed by atoms with van der Waals surface area (Å²) in [7, 11) is 0. The van der Waals surface area contributed by atoms with Gasteiger partial charge in [-0.25, -0.2) is 4.79 Å². The predicted molar refractivity (Wildman–Crippen MR) is 74.0 cm³/mol. The van der Waals surface area contributed by atoms with Crippen LogP contribution in [-0.2, 0) is 4.79 Å². The average molecular weight is 292 g/mol. The summed E-state index contributed by atoms with van der Waals surface area (Å²) < 4.78 is 5.19. The van der Waals surface area contributed by atoms with E-state index in [1.807, 2.05) is 0 Å². The lowest BCUT2D eigenvalue weighted by Gasteiger charge is -2.36. The lowest BCUT2D eigenvalue weighted by atomic mass is 9.88. The highest BCUT2D eigenvalue weighted by Crippen LogP contribution is 2.40. The Hall–Kier alpha value is -1.85. The molecule has 1 saturated carbocycles. The van der Waals surface area contributed by atoms with Crippen LogP contribution in [0.1, 0.15) is 61.2 Å². The van der Waals surface area contributed by atoms with Gasteiger partial charge in [0.2, 0.25) is 0 Å². The summed E-state index contributed by atoms with van der Waals surface area (Å²) in [6.07, 6.45) is 4.46. The van der Waals surface area contributed by atoms with Crippen LogP contribution in [0.4, 0.5) is 0 Å². The molecular formula is C15H20N2O4. The Morgan fingerprint density at radius 1 is 1.43 bits per heavy atom. The van der Waals surface area contributed by atoms with E-state index in [0.717, 1.165) is 31.4 Å². The fraction of sp³-hybridized carbons (Fsp3) is 0.667. The van der Waals surface area contributed by atoms with Crippen LogP contribution in [0.15, 0.2) is 10.6 Å². The standard InChI is InChI=1S/C15H20N2O4/c1-2-9-5-6-17(12(7-9)15(19)20)14(18)11-8-13(21-16-11)10-3-4-10/h8-10,12H,2-7H2,1H3,(H,19,20). The number of hydrogen-bond donors (Lipinski definition) is 1. The zero-order valence-electron chi connectivity index (χ0n) is 12.1. The summed E-state index contributed by atoms with van der Waals surface area (Å²) in [5, 5.41) is 13.2. The summed E-state index contributed by atoms with van der Waals surface area (Å²) >= 11 is 0. The van der Waals surface area contributed by atoms with Crippen LogP contribution in [0, 0.1) is 5.92 Å². The Kier molecular flexibility index (Phi) is 3.69. The van der Waals surface area contributed by atoms with Gasteiger partial charge in [-0.1, -0.05) is 18.5 Å². The normalized spacial score (nSPS) is 25.9. The number of carbonyl (C=O) groups excluding carboxylic acids is 1. The molecule has 21 heavy (non-hydrogen) atoms. The fourth-order valence-electron chi connectivity index (χ4n) is 2.98. The highest BCUT2D eigenvalue weighted by Gasteiger charge is 2.37. The smallest absolute Gasteiger partial charge is 0.326 e. The molecule has 1 aromatic rings. The van der Waals surface area contributed by atoms with Gasteiger partial charge in [0.05, 0.1) is 0 Å². The maximum atomic E-state index is 12.5. The second-order valence-corrected chi connectivity index (χ2v) is 6.04. The van der Waals surface area contributed by atoms with Crippen molar-refractivity contribution >= 4 is 11.9 Å². The summed E-state index contributed by atoms with van der Waals surface area (Å²) in [6, 6.07) is 0.919. The van der Waals surface area contributed by atoms with Crippen molar-refractivity contribution in [2.75, 3.05) is 6.54 Å². The second-order valence-electron chi connectivity index (χ2n) is 6.04. The molecule has 0 radical (unpaired) electrons. The molecule has 6 nitrogen and oxygen atoms in total. The monoisotopic (exact) mass is 292 g/mol. The molecule has 6 heteroatoms. The molecule has 2 heterocycles. The fourth-order valence-corrected chi connectivity index (χ4v) is 2.98. The van der Waals surface area contributed by atoms with E-state index in [9.17, 15) is 14.7 Å². The van der Waals surface area contributed by atoms with Gasteiger partial charge >= 0.3 is 5.97 Å². The maximum absolute atomic E-state index is 12.5. The Morgan fingerprint density at radius 2 is 2.19 bits per heavy atom. The van der Waals surface area contributed by atoms with Gasteiger partial charge in [-0.2, -0.15) is 0 Å². The number of carboxylic acid groups (broad SMARTS) is 1. The second kappa shape index (κ2) is 5.50. The number of amides is 1. The summed E-state index contributed by atoms with van der Waals surface area (Å²) in [5.41, 5.74) is 0.234. The van der Waals surface area contributed by atoms with Crippen molar-refractivity contribution < 1.29 is 19.2 Å². The van der Waals surface area contributed by atoms with E-state index in [2.05, 4.69) is 12.1 Å². The van der Waals surface area contributed by atoms with E-state index >= 15 is 0 Å². The van der Waals surface area contributed by atoms with Crippen LogP contribution in [-0.4, -0.2) is 39.6 Å². The molecule has 1 N–H and O–H groups in total. The maximum Gasteiger partial charge on any atom is 0.326 e. The number of carboxylic acids is 1. The van der Waals surface area contributed by atoms with Gasteiger partial charge in [0.1, 0.15) is 11.8 Å². The third-order valence-corrected chi connectivity index (χ3v) is 4.56. The van der Waals surface area contributed by atoms with Gasteiger partial charge in [-0.15, -0.1) is 0 Å². The van der Waals surface area contributed by atoms with E-state index in [1.54, 1.807) is 6.07 Å². The van der Waals surface area contributed by atoms with E-state index in [4.69, 9.17) is 4.52 Å². The first-order chi connectivity index (χ1) is 10.1. The molecule has 3 rings (SSSR count). The number of rotatable bonds is 4. The first kappa shape index (κ1) is 14.1. The number of hydrogen-bond acceptors (Lipinski definition) is 4. The molecule has 0 spiro atoms. The minimum absolute atomic E-state index is 0.234. The summed E-state index contributed by atoms with van der Waals surface area (Å²) in [6.45, 7) is 2.53. The summed E-state index contributed by atoms with van der Waals surface area (Å²) in [5.74, 6) is 0.239. The minimum atomic E-state index is -0.938. The van der Waals surface area contributed by atoms with Gasteiger partial charge in [-0.3, -0.25) is 4.79 Å². The highest BCUT2D eigenvalue weighted by atomic mass is 16.5. The van der Waals surface area contributed by atoms with Gasteiger partial charge in [0.15, 0.2) is 5.69 Å². The lowest BCUT2D eigenvalue weighted by molar-refractivity contribution is -0.144. The third-order valence-electron chi connectivity index (χ3n) is 4.56. The molecule has 2 aliphatic rings. The summed E-state index contributed by atoms with van der Waals surface area (Å²) in [4.78, 5) is 25.4. The molecule has 1 amide bonds. The number of likely N-dealkylation sites (tertiary alicyclic amines) is 1. The Bertz CT molecular complexity index is 550. The van der Waals surface area contributed by atoms with Crippen LogP contribution in [0.2, 0.25) is 0 Å². The zero-order valence-corrected chi connectivity index (χ0v) is 12.1. The van der Waals surface area contributed by atoms with Crippen LogP contribution in [0.3, 0.4) is 0 Å². The van der Waals surface area contributed by atoms with E-state index in [1.165, 1.54) is 4.90 Å². The van der Waals surface area contributed by atoms with Crippen molar-refractivity contribution in [3.63, 3.8) is 0 Å². The molecule has 0 bridgehead atoms. The van der Waals surface area contributed by atoms with E-state index in [0.29, 0.717) is 24.8 Å². The Morgan fingerprint density at radius 3 is 2.81 bits per heavy atom. The number of piperidine rings is 1. The average Bonchev–Trinajstić information content (AvgIpc) is 3.23. The number of aliphatic carboxylic acids is 1. The molecule has 1 aliphatic heterocycles. The number of carbonyl (C=O) groups is 2. The topological polar surface area (TPSA) is 83.6 Å². The van der Waals surface area contributed by atoms with Crippen molar-refractivity contribution in [1.29, 1.82) is 0 Å². The highest BCUT2D eigenvalue weighted by molar-refractivity contribution is 5.95. The first-order valence-electron chi connectivity index (χ1n) is 7.60. The molecule has 0 aromatic carbocycles. The van der Waals surface area contributed by atoms with Gasteiger partial charge in [0, 0.05) is 18.5 Å². The van der Waals surface area contributed by atoms with Crippen LogP contribution in [0.5, 0.6) is 0 Å². The van der Waals surface area contributed by atoms with Gasteiger partial charge < -0.3 is 14.5 Å². The molecule has 1 aliphatic carbocycles. The molecule has 114 valence electrons. The zero-order chi connectivity index (χ0) is 15.0. The molecule has 2 unspecified atom stereocenters. The number of aromatic nitrogens is 1. The van der Waals surface area contributed by atoms with Gasteiger partial charge in [0.25, 0.3) is 5.91 Å². The van der Waals surface area contributed by atoms with E-state index in [-0.39, 0.29) is 11.6 Å². The Labute approximate surface area is 123 Å². The van der Waals surface area contributed by atoms with Crippen LogP contribution >= 0.6 is 0 Å². The van der Waals surface area contributed by atoms with Crippen LogP contribution in [0.25, 0.3) is 0 Å². The van der Waals surface area contributed by atoms with Gasteiger partial charge in [-0.05, 0) is 31.6 Å². The minimum Gasteiger partial charge on any atom is -0.480 e. The largest absolute Gasteiger partial charge is 0.480 e. The quantitative estimate of drug-likeness (QED) is 0.920. The van der Waals surface area contributed by atoms with Crippen molar-refractivity contribution in [2.24, 2.45) is 5.92 Å².